The number of likely N-dealkylation sites (tertiary alicyclic amines) is 1. The van der Waals surface area contributed by atoms with Crippen molar-refractivity contribution in [1.29, 1.82) is 5.26 Å². The lowest BCUT2D eigenvalue weighted by molar-refractivity contribution is 0.0949. The van der Waals surface area contributed by atoms with E-state index >= 15 is 0 Å². The summed E-state index contributed by atoms with van der Waals surface area (Å²) in [4.78, 5) is 18.1. The molecule has 1 amide bonds. The molecule has 24 heavy (non-hydrogen) atoms. The van der Waals surface area contributed by atoms with Crippen molar-refractivity contribution in [3.8, 4) is 11.8 Å². The van der Waals surface area contributed by atoms with Crippen LogP contribution in [0.15, 0.2) is 41.5 Å². The van der Waals surface area contributed by atoms with Gasteiger partial charge in [0.2, 0.25) is 0 Å². The van der Waals surface area contributed by atoms with Crippen LogP contribution in [0.25, 0.3) is 0 Å². The summed E-state index contributed by atoms with van der Waals surface area (Å²) < 4.78 is 10.9. The summed E-state index contributed by atoms with van der Waals surface area (Å²) in [5, 5.41) is 11.6. The monoisotopic (exact) mass is 326 g/mol. The van der Waals surface area contributed by atoms with Crippen LogP contribution in [0.3, 0.4) is 0 Å². The molecular formula is C17H18N4O3. The summed E-state index contributed by atoms with van der Waals surface area (Å²) in [6, 6.07) is 5.59. The van der Waals surface area contributed by atoms with Crippen molar-refractivity contribution in [1.82, 2.24) is 15.2 Å². The number of nitrogens with one attached hydrogen (secondary N) is 1. The number of furan rings is 1. The Hall–Kier alpha value is -2.85. The fourth-order valence-corrected chi connectivity index (χ4v) is 2.65. The number of nitrogens with zero attached hydrogens (tertiary/aromatic N) is 3. The van der Waals surface area contributed by atoms with Gasteiger partial charge >= 0.3 is 0 Å². The maximum Gasteiger partial charge on any atom is 0.254 e. The molecule has 1 N–H and O–H groups in total. The Bertz CT molecular complexity index is 724. The van der Waals surface area contributed by atoms with Gasteiger partial charge in [0.1, 0.15) is 18.1 Å². The van der Waals surface area contributed by atoms with Gasteiger partial charge < -0.3 is 14.5 Å². The molecule has 7 heteroatoms. The van der Waals surface area contributed by atoms with Crippen LogP contribution in [0, 0.1) is 11.3 Å². The van der Waals surface area contributed by atoms with E-state index in [1.54, 1.807) is 18.5 Å². The predicted octanol–water partition coefficient (Wildman–Crippen LogP) is 1.58. The summed E-state index contributed by atoms with van der Waals surface area (Å²) in [5.74, 6) is 0.460. The minimum Gasteiger partial charge on any atom is -0.487 e. The minimum atomic E-state index is -0.201. The van der Waals surface area contributed by atoms with Crippen molar-refractivity contribution >= 4 is 5.91 Å². The second kappa shape index (κ2) is 7.62. The number of aromatic nitrogens is 1. The van der Waals surface area contributed by atoms with Gasteiger partial charge in [-0.05, 0) is 18.6 Å². The second-order valence-corrected chi connectivity index (χ2v) is 5.60. The summed E-state index contributed by atoms with van der Waals surface area (Å²) >= 11 is 0. The highest BCUT2D eigenvalue weighted by atomic mass is 16.5. The van der Waals surface area contributed by atoms with Gasteiger partial charge in [0.05, 0.1) is 30.6 Å². The molecule has 2 aromatic rings. The molecule has 1 fully saturated rings. The number of amides is 1. The summed E-state index contributed by atoms with van der Waals surface area (Å²) in [6.07, 6.45) is 7.10. The molecule has 0 radical (unpaired) electrons. The topological polar surface area (TPSA) is 91.4 Å². The Kier molecular flexibility index (Phi) is 5.08. The van der Waals surface area contributed by atoms with Crippen molar-refractivity contribution in [2.24, 2.45) is 0 Å². The van der Waals surface area contributed by atoms with E-state index in [2.05, 4.69) is 21.3 Å². The zero-order valence-corrected chi connectivity index (χ0v) is 13.1. The zero-order chi connectivity index (χ0) is 16.8. The largest absolute Gasteiger partial charge is 0.487 e. The average molecular weight is 326 g/mol. The maximum absolute atomic E-state index is 12.0. The Morgan fingerprint density at radius 3 is 3.25 bits per heavy atom. The normalized spacial score (nSPS) is 17.4. The SMILES string of the molecule is N#CCN1CC[C@H](Oc2cnccc2CNC(=O)c2ccoc2)C1. The van der Waals surface area contributed by atoms with E-state index < -0.39 is 0 Å². The number of carbonyl (C=O) groups excluding carboxylic acids is 1. The molecule has 3 heterocycles. The number of rotatable bonds is 6. The fourth-order valence-electron chi connectivity index (χ4n) is 2.65. The quantitative estimate of drug-likeness (QED) is 0.810. The van der Waals surface area contributed by atoms with Crippen LogP contribution in [0.5, 0.6) is 5.75 Å². The van der Waals surface area contributed by atoms with E-state index in [1.165, 1.54) is 12.5 Å². The summed E-state index contributed by atoms with van der Waals surface area (Å²) in [5.41, 5.74) is 1.34. The molecule has 0 saturated carbocycles. The van der Waals surface area contributed by atoms with Gasteiger partial charge in [-0.15, -0.1) is 0 Å². The second-order valence-electron chi connectivity index (χ2n) is 5.60. The third-order valence-electron chi connectivity index (χ3n) is 3.91. The first-order valence-corrected chi connectivity index (χ1v) is 7.75. The molecule has 1 atom stereocenters. The molecule has 1 aliphatic heterocycles. The number of ether oxygens (including phenoxy) is 1. The van der Waals surface area contributed by atoms with Crippen molar-refractivity contribution in [3.63, 3.8) is 0 Å². The molecular weight excluding hydrogens is 308 g/mol. The van der Waals surface area contributed by atoms with Gasteiger partial charge in [-0.1, -0.05) is 0 Å². The molecule has 0 aromatic carbocycles. The van der Waals surface area contributed by atoms with Gasteiger partial charge in [-0.2, -0.15) is 5.26 Å². The molecule has 3 rings (SSSR count). The number of pyridine rings is 1. The van der Waals surface area contributed by atoms with Gasteiger partial charge in [0.15, 0.2) is 0 Å². The molecule has 1 saturated heterocycles. The zero-order valence-electron chi connectivity index (χ0n) is 13.1. The average Bonchev–Trinajstić information content (AvgIpc) is 3.26. The summed E-state index contributed by atoms with van der Waals surface area (Å²) in [7, 11) is 0. The van der Waals surface area contributed by atoms with Crippen LogP contribution in [0.4, 0.5) is 0 Å². The van der Waals surface area contributed by atoms with Crippen LogP contribution in [-0.2, 0) is 6.54 Å². The highest BCUT2D eigenvalue weighted by Crippen LogP contribution is 2.21. The van der Waals surface area contributed by atoms with Crippen molar-refractivity contribution < 1.29 is 13.9 Å². The Morgan fingerprint density at radius 2 is 2.46 bits per heavy atom. The number of hydrogen-bond donors (Lipinski definition) is 1. The lowest BCUT2D eigenvalue weighted by Crippen LogP contribution is -2.26. The van der Waals surface area contributed by atoms with Crippen LogP contribution in [0.1, 0.15) is 22.3 Å². The lowest BCUT2D eigenvalue weighted by atomic mass is 10.2. The number of hydrogen-bond acceptors (Lipinski definition) is 6. The lowest BCUT2D eigenvalue weighted by Gasteiger charge is -2.17. The van der Waals surface area contributed by atoms with Crippen LogP contribution in [-0.4, -0.2) is 41.5 Å². The molecule has 0 unspecified atom stereocenters. The van der Waals surface area contributed by atoms with Gasteiger partial charge in [0.25, 0.3) is 5.91 Å². The van der Waals surface area contributed by atoms with E-state index in [9.17, 15) is 4.79 Å². The molecule has 1 aliphatic rings. The standard InChI is InChI=1S/C17H18N4O3/c18-4-7-21-6-2-15(11-21)24-16-10-19-5-1-13(16)9-20-17(22)14-3-8-23-12-14/h1,3,5,8,10,12,15H,2,6-7,9,11H2,(H,20,22)/t15-/m0/s1. The first kappa shape index (κ1) is 16.0. The molecule has 0 aliphatic carbocycles. The third-order valence-corrected chi connectivity index (χ3v) is 3.91. The minimum absolute atomic E-state index is 0.0332. The Labute approximate surface area is 139 Å². The van der Waals surface area contributed by atoms with Crippen LogP contribution >= 0.6 is 0 Å². The number of carbonyl (C=O) groups is 1. The molecule has 0 bridgehead atoms. The molecule has 2 aromatic heterocycles. The first-order valence-electron chi connectivity index (χ1n) is 7.75. The Balaban J connectivity index is 1.59. The number of nitriles is 1. The van der Waals surface area contributed by atoms with E-state index in [0.717, 1.165) is 25.1 Å². The van der Waals surface area contributed by atoms with Crippen molar-refractivity contribution in [2.75, 3.05) is 19.6 Å². The van der Waals surface area contributed by atoms with Gasteiger partial charge in [0, 0.05) is 31.4 Å². The van der Waals surface area contributed by atoms with Gasteiger partial charge in [-0.25, -0.2) is 0 Å². The van der Waals surface area contributed by atoms with E-state index in [-0.39, 0.29) is 12.0 Å². The highest BCUT2D eigenvalue weighted by Gasteiger charge is 2.24. The predicted molar refractivity (Wildman–Crippen MR) is 85.2 cm³/mol. The van der Waals surface area contributed by atoms with Gasteiger partial charge in [-0.3, -0.25) is 14.7 Å². The third kappa shape index (κ3) is 3.91. The van der Waals surface area contributed by atoms with Crippen molar-refractivity contribution in [2.45, 2.75) is 19.1 Å². The maximum atomic E-state index is 12.0. The van der Waals surface area contributed by atoms with E-state index in [0.29, 0.717) is 24.4 Å². The molecule has 7 nitrogen and oxygen atoms in total. The highest BCUT2D eigenvalue weighted by molar-refractivity contribution is 5.93. The fraction of sp³-hybridized carbons (Fsp3) is 0.353. The van der Waals surface area contributed by atoms with Crippen molar-refractivity contribution in [3.05, 3.63) is 48.2 Å². The first-order chi connectivity index (χ1) is 11.8. The van der Waals surface area contributed by atoms with Crippen LogP contribution < -0.4 is 10.1 Å². The van der Waals surface area contributed by atoms with E-state index in [4.69, 9.17) is 14.4 Å². The van der Waals surface area contributed by atoms with Crippen LogP contribution in [0.2, 0.25) is 0 Å². The molecule has 124 valence electrons. The molecule has 0 spiro atoms. The van der Waals surface area contributed by atoms with E-state index in [1.807, 2.05) is 6.07 Å². The Morgan fingerprint density at radius 1 is 1.54 bits per heavy atom. The smallest absolute Gasteiger partial charge is 0.254 e. The summed E-state index contributed by atoms with van der Waals surface area (Å²) in [6.45, 7) is 2.34.